The summed E-state index contributed by atoms with van der Waals surface area (Å²) in [5, 5.41) is 19.4. The average molecular weight is 517 g/mol. The van der Waals surface area contributed by atoms with Crippen LogP contribution in [0.15, 0.2) is 108 Å². The maximum absolute atomic E-state index is 5.53. The zero-order chi connectivity index (χ0) is 25.9. The summed E-state index contributed by atoms with van der Waals surface area (Å²) in [5.41, 5.74) is 4.71. The van der Waals surface area contributed by atoms with Gasteiger partial charge < -0.3 is 4.74 Å². The molecule has 0 bridgehead atoms. The molecule has 6 rings (SSSR count). The van der Waals surface area contributed by atoms with Crippen LogP contribution in [-0.2, 0) is 6.42 Å². The minimum absolute atomic E-state index is 0.429. The van der Waals surface area contributed by atoms with Crippen molar-refractivity contribution in [2.45, 2.75) is 6.42 Å². The standard InChI is InChI=1S/C30H24N6OS/c1-37-26-16-14-22(15-17-26)29-24(20-35(34-29)25-11-3-2-4-12-25)19-31-36-28(32-33-30(36)38)18-23-10-7-9-21-8-5-6-13-27(21)23/h2-17,19-20H,18H2,1H3,(H,33,38)/b31-19-. The average Bonchev–Trinajstić information content (AvgIpc) is 3.55. The van der Waals surface area contributed by atoms with Crippen LogP contribution in [0.3, 0.4) is 0 Å². The maximum Gasteiger partial charge on any atom is 0.216 e. The molecule has 0 aliphatic carbocycles. The fourth-order valence-corrected chi connectivity index (χ4v) is 4.66. The van der Waals surface area contributed by atoms with Gasteiger partial charge in [0.25, 0.3) is 0 Å². The van der Waals surface area contributed by atoms with E-state index in [0.29, 0.717) is 11.2 Å². The van der Waals surface area contributed by atoms with Gasteiger partial charge in [0.1, 0.15) is 11.4 Å². The third-order valence-electron chi connectivity index (χ3n) is 6.38. The Morgan fingerprint density at radius 1 is 0.921 bits per heavy atom. The van der Waals surface area contributed by atoms with Crippen molar-refractivity contribution in [3.05, 3.63) is 125 Å². The molecule has 1 N–H and O–H groups in total. The molecule has 7 nitrogen and oxygen atoms in total. The lowest BCUT2D eigenvalue weighted by Gasteiger charge is -2.06. The van der Waals surface area contributed by atoms with Crippen molar-refractivity contribution in [1.82, 2.24) is 24.7 Å². The lowest BCUT2D eigenvalue weighted by atomic mass is 10.0. The van der Waals surface area contributed by atoms with Crippen LogP contribution in [0.2, 0.25) is 0 Å². The second-order valence-corrected chi connectivity index (χ2v) is 9.14. The van der Waals surface area contributed by atoms with Gasteiger partial charge in [-0.15, -0.1) is 0 Å². The van der Waals surface area contributed by atoms with Crippen molar-refractivity contribution in [2.75, 3.05) is 7.11 Å². The monoisotopic (exact) mass is 516 g/mol. The number of fused-ring (bicyclic) bond motifs is 1. The van der Waals surface area contributed by atoms with E-state index in [4.69, 9.17) is 27.2 Å². The van der Waals surface area contributed by atoms with Crippen molar-refractivity contribution >= 4 is 29.2 Å². The topological polar surface area (TPSA) is 73.0 Å². The van der Waals surface area contributed by atoms with Gasteiger partial charge in [-0.1, -0.05) is 60.7 Å². The van der Waals surface area contributed by atoms with E-state index in [1.807, 2.05) is 77.6 Å². The van der Waals surface area contributed by atoms with E-state index in [1.54, 1.807) is 18.0 Å². The molecule has 4 aromatic carbocycles. The molecule has 0 saturated carbocycles. The smallest absolute Gasteiger partial charge is 0.216 e. The van der Waals surface area contributed by atoms with Crippen LogP contribution < -0.4 is 4.74 Å². The first-order valence-corrected chi connectivity index (χ1v) is 12.6. The minimum atomic E-state index is 0.429. The Morgan fingerprint density at radius 2 is 1.68 bits per heavy atom. The summed E-state index contributed by atoms with van der Waals surface area (Å²) in [6, 6.07) is 32.4. The molecular formula is C30H24N6OS. The number of H-pyrrole nitrogens is 1. The van der Waals surface area contributed by atoms with Crippen LogP contribution >= 0.6 is 12.2 Å². The number of nitrogens with one attached hydrogen (secondary N) is 1. The summed E-state index contributed by atoms with van der Waals surface area (Å²) >= 11 is 5.53. The van der Waals surface area contributed by atoms with Gasteiger partial charge in [0.05, 0.1) is 19.0 Å². The summed E-state index contributed by atoms with van der Waals surface area (Å²) in [5.74, 6) is 1.51. The zero-order valence-electron chi connectivity index (χ0n) is 20.7. The van der Waals surface area contributed by atoms with Crippen LogP contribution in [0.1, 0.15) is 17.0 Å². The largest absolute Gasteiger partial charge is 0.497 e. The van der Waals surface area contributed by atoms with Crippen molar-refractivity contribution in [2.24, 2.45) is 5.10 Å². The molecule has 0 aliphatic heterocycles. The first kappa shape index (κ1) is 23.6. The first-order chi connectivity index (χ1) is 18.7. The molecule has 0 atom stereocenters. The lowest BCUT2D eigenvalue weighted by Crippen LogP contribution is -2.01. The van der Waals surface area contributed by atoms with E-state index in [0.717, 1.165) is 39.6 Å². The van der Waals surface area contributed by atoms with E-state index < -0.39 is 0 Å². The molecule has 186 valence electrons. The molecule has 0 saturated heterocycles. The van der Waals surface area contributed by atoms with Gasteiger partial charge in [-0.25, -0.2) is 4.68 Å². The number of hydrogen-bond donors (Lipinski definition) is 1. The van der Waals surface area contributed by atoms with Crippen LogP contribution in [0.4, 0.5) is 0 Å². The number of methoxy groups -OCH3 is 1. The van der Waals surface area contributed by atoms with Gasteiger partial charge in [0, 0.05) is 23.7 Å². The molecule has 0 unspecified atom stereocenters. The number of aromatic amines is 1. The molecule has 0 amide bonds. The van der Waals surface area contributed by atoms with Crippen molar-refractivity contribution in [3.63, 3.8) is 0 Å². The summed E-state index contributed by atoms with van der Waals surface area (Å²) in [6.45, 7) is 0. The van der Waals surface area contributed by atoms with Crippen LogP contribution in [0.5, 0.6) is 5.75 Å². The molecule has 38 heavy (non-hydrogen) atoms. The quantitative estimate of drug-likeness (QED) is 0.196. The van der Waals surface area contributed by atoms with Crippen molar-refractivity contribution in [3.8, 4) is 22.7 Å². The van der Waals surface area contributed by atoms with Gasteiger partial charge >= 0.3 is 0 Å². The Morgan fingerprint density at radius 3 is 2.50 bits per heavy atom. The van der Waals surface area contributed by atoms with Crippen LogP contribution in [0.25, 0.3) is 27.7 Å². The third-order valence-corrected chi connectivity index (χ3v) is 6.65. The second-order valence-electron chi connectivity index (χ2n) is 8.76. The second kappa shape index (κ2) is 10.3. The first-order valence-electron chi connectivity index (χ1n) is 12.2. The predicted octanol–water partition coefficient (Wildman–Crippen LogP) is 6.43. The molecule has 0 fully saturated rings. The summed E-state index contributed by atoms with van der Waals surface area (Å²) < 4.78 is 9.29. The molecule has 0 radical (unpaired) electrons. The fraction of sp³-hybridized carbons (Fsp3) is 0.0667. The van der Waals surface area contributed by atoms with E-state index >= 15 is 0 Å². The normalized spacial score (nSPS) is 11.4. The SMILES string of the molecule is COc1ccc(-c2nn(-c3ccccc3)cc2/C=N\n2c(Cc3cccc4ccccc34)n[nH]c2=S)cc1. The van der Waals surface area contributed by atoms with Gasteiger partial charge in [0.15, 0.2) is 5.82 Å². The Balaban J connectivity index is 1.39. The third kappa shape index (κ3) is 4.65. The summed E-state index contributed by atoms with van der Waals surface area (Å²) in [6.07, 6.45) is 4.33. The summed E-state index contributed by atoms with van der Waals surface area (Å²) in [7, 11) is 1.65. The highest BCUT2D eigenvalue weighted by Crippen LogP contribution is 2.25. The zero-order valence-corrected chi connectivity index (χ0v) is 21.5. The Hall–Kier alpha value is -4.82. The molecule has 2 aromatic heterocycles. The Bertz CT molecular complexity index is 1790. The molecule has 2 heterocycles. The number of rotatable bonds is 7. The number of ether oxygens (including phenoxy) is 1. The highest BCUT2D eigenvalue weighted by Gasteiger charge is 2.13. The number of nitrogens with zero attached hydrogens (tertiary/aromatic N) is 5. The highest BCUT2D eigenvalue weighted by atomic mass is 32.1. The van der Waals surface area contributed by atoms with E-state index in [-0.39, 0.29) is 0 Å². The Labute approximate surface area is 224 Å². The molecular weight excluding hydrogens is 492 g/mol. The molecule has 6 aromatic rings. The van der Waals surface area contributed by atoms with Crippen LogP contribution in [-0.4, -0.2) is 38.0 Å². The number of hydrogen-bond acceptors (Lipinski definition) is 5. The van der Waals surface area contributed by atoms with E-state index in [1.165, 1.54) is 10.8 Å². The predicted molar refractivity (Wildman–Crippen MR) is 153 cm³/mol. The van der Waals surface area contributed by atoms with E-state index in [9.17, 15) is 0 Å². The molecule has 8 heteroatoms. The van der Waals surface area contributed by atoms with E-state index in [2.05, 4.69) is 40.5 Å². The van der Waals surface area contributed by atoms with Crippen molar-refractivity contribution in [1.29, 1.82) is 0 Å². The van der Waals surface area contributed by atoms with Crippen LogP contribution in [0, 0.1) is 4.77 Å². The fourth-order valence-electron chi connectivity index (χ4n) is 4.46. The van der Waals surface area contributed by atoms with Gasteiger partial charge in [0.2, 0.25) is 4.77 Å². The number of para-hydroxylation sites is 1. The number of benzene rings is 4. The number of aromatic nitrogens is 5. The Kier molecular flexibility index (Phi) is 6.37. The van der Waals surface area contributed by atoms with Gasteiger partial charge in [-0.2, -0.15) is 20.0 Å². The molecule has 0 aliphatic rings. The molecule has 0 spiro atoms. The van der Waals surface area contributed by atoms with Crippen molar-refractivity contribution < 1.29 is 4.74 Å². The van der Waals surface area contributed by atoms with Gasteiger partial charge in [-0.3, -0.25) is 5.10 Å². The maximum atomic E-state index is 5.53. The van der Waals surface area contributed by atoms with Gasteiger partial charge in [-0.05, 0) is 65.0 Å². The highest BCUT2D eigenvalue weighted by molar-refractivity contribution is 7.71. The minimum Gasteiger partial charge on any atom is -0.497 e. The summed E-state index contributed by atoms with van der Waals surface area (Å²) in [4.78, 5) is 0. The lowest BCUT2D eigenvalue weighted by molar-refractivity contribution is 0.415.